The van der Waals surface area contributed by atoms with Crippen molar-refractivity contribution in [3.05, 3.63) is 59.9 Å². The first-order valence-corrected chi connectivity index (χ1v) is 12.5. The lowest BCUT2D eigenvalue weighted by atomic mass is 9.85. The Balaban J connectivity index is 1.58. The average molecular weight is 497 g/mol. The number of carbonyl (C=O) groups is 1. The molecule has 2 unspecified atom stereocenters. The van der Waals surface area contributed by atoms with Crippen LogP contribution in [-0.2, 0) is 15.4 Å². The van der Waals surface area contributed by atoms with Crippen LogP contribution in [0.15, 0.2) is 53.5 Å². The third kappa shape index (κ3) is 5.31. The lowest BCUT2D eigenvalue weighted by molar-refractivity contribution is -0.136. The van der Waals surface area contributed by atoms with Gasteiger partial charge < -0.3 is 15.3 Å². The number of amides is 1. The molecule has 2 aromatic carbocycles. The zero-order valence-electron chi connectivity index (χ0n) is 21.9. The molecule has 0 aromatic heterocycles. The molecule has 0 saturated carbocycles. The van der Waals surface area contributed by atoms with Gasteiger partial charge in [0, 0.05) is 30.1 Å². The molecule has 2 aliphatic heterocycles. The Kier molecular flexibility index (Phi) is 7.23. The van der Waals surface area contributed by atoms with Crippen LogP contribution < -0.4 is 10.8 Å². The molecule has 3 N–H and O–H groups in total. The van der Waals surface area contributed by atoms with E-state index in [1.165, 1.54) is 6.07 Å². The van der Waals surface area contributed by atoms with E-state index in [0.717, 1.165) is 11.1 Å². The summed E-state index contributed by atoms with van der Waals surface area (Å²) in [6.45, 7) is 12.2. The molecule has 1 saturated heterocycles. The number of rotatable bonds is 6. The largest absolute Gasteiger partial charge is 0.391 e. The van der Waals surface area contributed by atoms with E-state index in [0.29, 0.717) is 17.8 Å². The number of hydrogen-bond donors (Lipinski definition) is 3. The minimum Gasteiger partial charge on any atom is -0.391 e. The van der Waals surface area contributed by atoms with Crippen LogP contribution in [0.25, 0.3) is 11.1 Å². The molecule has 4 atom stereocenters. The molecule has 2 heterocycles. The van der Waals surface area contributed by atoms with Crippen molar-refractivity contribution in [2.24, 2.45) is 10.4 Å². The van der Waals surface area contributed by atoms with Crippen molar-refractivity contribution >= 4 is 11.7 Å². The van der Waals surface area contributed by atoms with Crippen LogP contribution in [0.4, 0.5) is 4.39 Å². The van der Waals surface area contributed by atoms with E-state index in [-0.39, 0.29) is 29.7 Å². The van der Waals surface area contributed by atoms with Crippen LogP contribution in [0, 0.1) is 11.2 Å². The third-order valence-electron chi connectivity index (χ3n) is 6.78. The molecule has 36 heavy (non-hydrogen) atoms. The van der Waals surface area contributed by atoms with Crippen molar-refractivity contribution in [3.63, 3.8) is 0 Å². The molecule has 0 aliphatic carbocycles. The van der Waals surface area contributed by atoms with Crippen LogP contribution >= 0.6 is 0 Å². The maximum atomic E-state index is 14.2. The van der Waals surface area contributed by atoms with Gasteiger partial charge in [0.25, 0.3) is 0 Å². The van der Waals surface area contributed by atoms with Crippen LogP contribution in [-0.4, -0.2) is 52.5 Å². The SMILES string of the molecule is CC(C)N[C@H](C(=O)N1C[C@H](O)CC1C1=NC(C)(c2ccc(-c3ccccc3F)cc2)ON1)C(C)(C)C. The smallest absolute Gasteiger partial charge is 0.240 e. The standard InChI is InChI=1S/C28H37FN4O3/c1-17(2)30-24(27(3,4)5)26(35)33-16-20(34)15-23(33)25-31-28(6,36-32-25)19-13-11-18(12-14-19)21-9-7-8-10-22(21)29/h7-14,17,20,23-24,30,34H,15-16H2,1-6H3,(H,31,32)/t20-,23?,24-,28?/m1/s1. The normalized spacial score (nSPS) is 25.1. The summed E-state index contributed by atoms with van der Waals surface area (Å²) >= 11 is 0. The minimum atomic E-state index is -1.02. The molecule has 7 nitrogen and oxygen atoms in total. The van der Waals surface area contributed by atoms with Gasteiger partial charge in [-0.25, -0.2) is 19.7 Å². The van der Waals surface area contributed by atoms with Gasteiger partial charge in [-0.15, -0.1) is 0 Å². The van der Waals surface area contributed by atoms with Gasteiger partial charge in [0.05, 0.1) is 18.2 Å². The number of hydroxylamine groups is 1. The summed E-state index contributed by atoms with van der Waals surface area (Å²) < 4.78 is 14.2. The first kappa shape index (κ1) is 26.3. The number of amidine groups is 1. The summed E-state index contributed by atoms with van der Waals surface area (Å²) in [5, 5.41) is 13.9. The van der Waals surface area contributed by atoms with E-state index in [2.05, 4.69) is 10.8 Å². The first-order chi connectivity index (χ1) is 16.9. The molecule has 0 spiro atoms. The van der Waals surface area contributed by atoms with E-state index in [1.807, 2.05) is 65.8 Å². The highest BCUT2D eigenvalue weighted by Gasteiger charge is 2.46. The fourth-order valence-electron chi connectivity index (χ4n) is 4.85. The summed E-state index contributed by atoms with van der Waals surface area (Å²) in [4.78, 5) is 26.1. The van der Waals surface area contributed by atoms with Gasteiger partial charge >= 0.3 is 0 Å². The number of benzene rings is 2. The fraction of sp³-hybridized carbons (Fsp3) is 0.500. The lowest BCUT2D eigenvalue weighted by Gasteiger charge is -2.36. The number of nitrogens with zero attached hydrogens (tertiary/aromatic N) is 2. The summed E-state index contributed by atoms with van der Waals surface area (Å²) in [6, 6.07) is 13.4. The highest BCUT2D eigenvalue weighted by molar-refractivity contribution is 5.94. The van der Waals surface area contributed by atoms with Crippen molar-refractivity contribution in [2.75, 3.05) is 6.54 Å². The van der Waals surface area contributed by atoms with Gasteiger partial charge in [-0.05, 0) is 24.0 Å². The number of likely N-dealkylation sites (tertiary alicyclic amines) is 1. The molecule has 194 valence electrons. The second kappa shape index (κ2) is 9.92. The molecule has 8 heteroatoms. The predicted octanol–water partition coefficient (Wildman–Crippen LogP) is 3.97. The maximum absolute atomic E-state index is 14.2. The molecule has 1 fully saturated rings. The van der Waals surface area contributed by atoms with Gasteiger partial charge in [-0.2, -0.15) is 0 Å². The summed E-state index contributed by atoms with van der Waals surface area (Å²) in [5.41, 5.74) is 3.68. The van der Waals surface area contributed by atoms with Crippen molar-refractivity contribution in [3.8, 4) is 11.1 Å². The second-order valence-corrected chi connectivity index (χ2v) is 11.3. The zero-order chi connectivity index (χ0) is 26.3. The first-order valence-electron chi connectivity index (χ1n) is 12.5. The Morgan fingerprint density at radius 3 is 2.50 bits per heavy atom. The Morgan fingerprint density at radius 1 is 1.22 bits per heavy atom. The molecule has 0 bridgehead atoms. The third-order valence-corrected chi connectivity index (χ3v) is 6.78. The number of halogens is 1. The van der Waals surface area contributed by atoms with Gasteiger partial charge in [0.15, 0.2) is 0 Å². The molecule has 0 radical (unpaired) electrons. The minimum absolute atomic E-state index is 0.0647. The van der Waals surface area contributed by atoms with Gasteiger partial charge in [0.1, 0.15) is 11.7 Å². The van der Waals surface area contributed by atoms with Gasteiger partial charge in [-0.1, -0.05) is 77.1 Å². The van der Waals surface area contributed by atoms with Gasteiger partial charge in [-0.3, -0.25) is 4.79 Å². The van der Waals surface area contributed by atoms with Crippen LogP contribution in [0.1, 0.15) is 53.5 Å². The number of nitrogens with one attached hydrogen (secondary N) is 2. The highest BCUT2D eigenvalue weighted by Crippen LogP contribution is 2.34. The van der Waals surface area contributed by atoms with E-state index in [4.69, 9.17) is 9.83 Å². The van der Waals surface area contributed by atoms with Crippen LogP contribution in [0.3, 0.4) is 0 Å². The number of aliphatic hydroxyl groups excluding tert-OH is 1. The Bertz CT molecular complexity index is 1130. The molecule has 4 rings (SSSR count). The molecule has 2 aromatic rings. The van der Waals surface area contributed by atoms with E-state index < -0.39 is 23.9 Å². The monoisotopic (exact) mass is 496 g/mol. The molecule has 2 aliphatic rings. The van der Waals surface area contributed by atoms with Crippen molar-refractivity contribution in [1.29, 1.82) is 0 Å². The number of carbonyl (C=O) groups excluding carboxylic acids is 1. The highest BCUT2D eigenvalue weighted by atomic mass is 19.1. The number of aliphatic hydroxyl groups is 1. The predicted molar refractivity (Wildman–Crippen MR) is 138 cm³/mol. The maximum Gasteiger partial charge on any atom is 0.240 e. The van der Waals surface area contributed by atoms with Crippen molar-refractivity contribution in [2.45, 2.75) is 77.9 Å². The summed E-state index contributed by atoms with van der Waals surface area (Å²) in [6.07, 6.45) is -0.267. The zero-order valence-corrected chi connectivity index (χ0v) is 21.9. The average Bonchev–Trinajstić information content (AvgIpc) is 3.40. The fourth-order valence-corrected chi connectivity index (χ4v) is 4.85. The van der Waals surface area contributed by atoms with Gasteiger partial charge in [0.2, 0.25) is 11.6 Å². The lowest BCUT2D eigenvalue weighted by Crippen LogP contribution is -2.57. The number of aliphatic imine (C=N–C) groups is 1. The summed E-state index contributed by atoms with van der Waals surface area (Å²) in [7, 11) is 0. The number of β-amino-alcohol motifs (C(OH)–C–C–N with tert-alkyl or cyclic N) is 1. The Morgan fingerprint density at radius 2 is 1.89 bits per heavy atom. The van der Waals surface area contributed by atoms with E-state index >= 15 is 0 Å². The molecule has 1 amide bonds. The Labute approximate surface area is 212 Å². The van der Waals surface area contributed by atoms with E-state index in [9.17, 15) is 14.3 Å². The molecular weight excluding hydrogens is 459 g/mol. The van der Waals surface area contributed by atoms with Crippen LogP contribution in [0.2, 0.25) is 0 Å². The number of hydrogen-bond acceptors (Lipinski definition) is 6. The topological polar surface area (TPSA) is 86.2 Å². The second-order valence-electron chi connectivity index (χ2n) is 11.3. The van der Waals surface area contributed by atoms with Crippen molar-refractivity contribution in [1.82, 2.24) is 15.7 Å². The van der Waals surface area contributed by atoms with Crippen molar-refractivity contribution < 1.29 is 19.1 Å². The summed E-state index contributed by atoms with van der Waals surface area (Å²) in [5.74, 6) is 0.170. The van der Waals surface area contributed by atoms with Crippen LogP contribution in [0.5, 0.6) is 0 Å². The van der Waals surface area contributed by atoms with E-state index in [1.54, 1.807) is 23.1 Å². The Hall–Kier alpha value is -2.81. The molecular formula is C28H37FN4O3. The quantitative estimate of drug-likeness (QED) is 0.564.